The molecule has 0 amide bonds. The number of hydrogen-bond donors (Lipinski definition) is 3. The first-order valence-corrected chi connectivity index (χ1v) is 59.7. The average molecular weight is 2070 g/mol. The van der Waals surface area contributed by atoms with Gasteiger partial charge in [0, 0.05) is 39.7 Å². The Morgan fingerprint density at radius 3 is 1.21 bits per heavy atom. The maximum Gasteiger partial charge on any atom is 1.00 e. The summed E-state index contributed by atoms with van der Waals surface area (Å²) in [5, 5.41) is 35.8. The van der Waals surface area contributed by atoms with Gasteiger partial charge in [0.25, 0.3) is 0 Å². The number of halogens is 5. The molecule has 0 bridgehead atoms. The van der Waals surface area contributed by atoms with Gasteiger partial charge in [-0.2, -0.15) is 0 Å². The van der Waals surface area contributed by atoms with Gasteiger partial charge in [0.2, 0.25) is 6.71 Å². The van der Waals surface area contributed by atoms with E-state index < -0.39 is 28.1 Å². The molecule has 1 saturated heterocycles. The molecule has 1 fully saturated rings. The second-order valence-electron chi connectivity index (χ2n) is 28.8. The third-order valence-corrected chi connectivity index (χ3v) is 20.5. The van der Waals surface area contributed by atoms with Gasteiger partial charge in [-0.15, -0.1) is 5.60 Å². The molecule has 0 radical (unpaired) electrons. The minimum Gasteiger partial charge on any atom is 1.00 e. The van der Waals surface area contributed by atoms with Crippen molar-refractivity contribution in [3.8, 4) is 11.3 Å². The van der Waals surface area contributed by atoms with Crippen molar-refractivity contribution in [1.29, 1.82) is 0 Å². The molecule has 31 heteroatoms. The van der Waals surface area contributed by atoms with Crippen LogP contribution in [-0.4, -0.2) is 136 Å². The monoisotopic (exact) mass is 2060 g/mol. The quantitative estimate of drug-likeness (QED) is 0.0257. The molecular formula is C92H88B3Br5K3N9NaO9P. The second-order valence-corrected chi connectivity index (χ2v) is 33.5. The molecule has 16 rings (SSSR count). The summed E-state index contributed by atoms with van der Waals surface area (Å²) < 4.78 is 28.4. The van der Waals surface area contributed by atoms with Crippen LogP contribution in [0.2, 0.25) is 0 Å². The van der Waals surface area contributed by atoms with Crippen molar-refractivity contribution in [3.63, 3.8) is 0 Å². The molecule has 9 aromatic carbocycles. The Morgan fingerprint density at radius 2 is 0.837 bits per heavy atom. The summed E-state index contributed by atoms with van der Waals surface area (Å²) in [5.74, 6) is 3.24. The van der Waals surface area contributed by atoms with Gasteiger partial charge in [0.05, 0.1) is 16.9 Å². The molecule has 5 aromatic heterocycles. The van der Waals surface area contributed by atoms with E-state index in [9.17, 15) is 5.11 Å². The first-order chi connectivity index (χ1) is 57.9. The summed E-state index contributed by atoms with van der Waals surface area (Å²) in [7, 11) is -4.90. The number of para-hydroxylation sites is 5. The van der Waals surface area contributed by atoms with Crippen LogP contribution in [0.15, 0.2) is 351 Å². The first kappa shape index (κ1) is 108. The van der Waals surface area contributed by atoms with Gasteiger partial charge >= 0.3 is 167 Å². The number of aromatic nitrogens is 5. The smallest absolute Gasteiger partial charge is 1.00 e. The van der Waals surface area contributed by atoms with Crippen LogP contribution >= 0.6 is 87.9 Å². The number of nitrogen functional groups attached to an aromatic ring is 1. The molecule has 2 aliphatic rings. The van der Waals surface area contributed by atoms with Crippen molar-refractivity contribution in [3.05, 3.63) is 367 Å². The number of nitrogens with two attached hydrogens (primary N) is 1. The largest absolute Gasteiger partial charge is 1.00 e. The van der Waals surface area contributed by atoms with Crippen LogP contribution in [-0.2, 0) is 18.5 Å². The van der Waals surface area contributed by atoms with E-state index in [4.69, 9.17) is 44.8 Å². The van der Waals surface area contributed by atoms with E-state index in [-0.39, 0.29) is 98.9 Å². The fourth-order valence-electron chi connectivity index (χ4n) is 12.4. The van der Waals surface area contributed by atoms with Crippen molar-refractivity contribution in [2.75, 3.05) is 20.4 Å². The van der Waals surface area contributed by atoms with Gasteiger partial charge in [0.15, 0.2) is 0 Å². The van der Waals surface area contributed by atoms with Gasteiger partial charge < -0.3 is 45.2 Å². The van der Waals surface area contributed by atoms with Gasteiger partial charge in [-0.25, -0.2) is 29.6 Å². The molecule has 1 atom stereocenters. The summed E-state index contributed by atoms with van der Waals surface area (Å²) in [6.07, 6.45) is 0. The molecule has 14 aromatic rings. The van der Waals surface area contributed by atoms with E-state index in [2.05, 4.69) is 272 Å². The summed E-state index contributed by atoms with van der Waals surface area (Å²) in [6.45, 7) is 20.1. The maximum absolute atomic E-state index is 10.1. The van der Waals surface area contributed by atoms with Gasteiger partial charge in [0.1, 0.15) is 46.3 Å². The minimum atomic E-state index is -3.15. The second kappa shape index (κ2) is 54.8. The third kappa shape index (κ3) is 34.5. The van der Waals surface area contributed by atoms with Crippen LogP contribution in [0.5, 0.6) is 0 Å². The SMILES string of the molecule is Brc1cccc(Br)n1.Brc1cccc(N(c2ccccc2)c2cccc(-c3ccccc3)n2)n1.Brc1cccc(N(c2ccccc2)c2cccc(Br)n2)n1.CC(C)(C)[O-].Cc1cc(C)c(B2c3ccccc3N(c3ccccc3)c3ccc(B4OC(C)(C)C(C)(C)O4)cc32)c(C)c1.Nc1ccccc1.O=[P+]([O-])O[O-].OB(O)c1ccccc1.[K+].[K][K].[Na+]. The Morgan fingerprint density at radius 1 is 0.488 bits per heavy atom. The standard InChI is InChI=1S/C33H35B2NO2.C22H16BrN3.C16H11Br2N3.C6H7BO2.C6H7N.C5H3Br2N.C4H9O.3K.Na.HO4P/c1-22-19-23(2)31(24(3)20-22)34-27-15-11-12-16-29(27)36(26-13-9-8-10-14-26)30-18-17-25(21-28(30)34)35-37-32(4,5)33(6,7)38-35;23-20-14-8-16-22(25-20)26(18-11-5-2-6-12-18)21-15-7-13-19(24-21)17-9-3-1-4-10-17;17-13-8-4-10-15(19-13)21(12-6-2-1-3-7-12)16-11-5-9-14(18)20-16;8-7(9)6-4-2-1-3-5-6;7-6-4-2-1-3-5-6;6-4-2-1-3-5(7)8-4;1-4(2,3)5;;;;;1-4-5(2)3/h8-21H,1-7H3;1-16H;1-11H;1-5,8-9H;1-5H,7H2;1-3H;1-3H3;;;;;1H/q;;;;;;-1;;;2*+1;/p-1. The molecule has 1 unspecified atom stereocenters. The van der Waals surface area contributed by atoms with E-state index in [0.717, 1.165) is 85.8 Å². The average Bonchev–Trinajstić information content (AvgIpc) is 1.30. The summed E-state index contributed by atoms with van der Waals surface area (Å²) in [6, 6.07) is 109. The molecule has 18 nitrogen and oxygen atoms in total. The zero-order chi connectivity index (χ0) is 87.8. The Hall–Kier alpha value is -3.79. The molecule has 0 spiro atoms. The number of fused-ring (bicyclic) bond motifs is 2. The molecule has 123 heavy (non-hydrogen) atoms. The van der Waals surface area contributed by atoms with Crippen LogP contribution in [0, 0.1) is 20.8 Å². The van der Waals surface area contributed by atoms with Crippen molar-refractivity contribution >= 4 is 257 Å². The number of aryl methyl sites for hydroxylation is 3. The Labute approximate surface area is 876 Å². The zero-order valence-corrected chi connectivity index (χ0v) is 91.3. The number of benzene rings is 9. The molecule has 0 aliphatic carbocycles. The van der Waals surface area contributed by atoms with Gasteiger partial charge in [-0.1, -0.05) is 249 Å². The number of nitrogens with zero attached hydrogens (tertiary/aromatic N) is 8. The van der Waals surface area contributed by atoms with Crippen LogP contribution in [0.4, 0.5) is 57.4 Å². The molecule has 0 saturated carbocycles. The predicted molar refractivity (Wildman–Crippen MR) is 511 cm³/mol. The van der Waals surface area contributed by atoms with Gasteiger partial charge in [-0.3, -0.25) is 9.80 Å². The van der Waals surface area contributed by atoms with Crippen LogP contribution in [0.3, 0.4) is 0 Å². The van der Waals surface area contributed by atoms with E-state index in [0.29, 0.717) is 5.46 Å². The maximum atomic E-state index is 10.1. The molecule has 2 aliphatic heterocycles. The fourth-order valence-corrected chi connectivity index (χ4v) is 14.4. The number of rotatable bonds is 12. The summed E-state index contributed by atoms with van der Waals surface area (Å²) in [5.41, 5.74) is 21.7. The van der Waals surface area contributed by atoms with Crippen LogP contribution < -0.4 is 144 Å². The fraction of sp³-hybridized carbons (Fsp3) is 0.141. The van der Waals surface area contributed by atoms with Crippen LogP contribution in [0.1, 0.15) is 65.2 Å². The van der Waals surface area contributed by atoms with Crippen molar-refractivity contribution in [1.82, 2.24) is 24.9 Å². The molecule has 4 N–H and O–H groups in total. The molecular weight excluding hydrogens is 1980 g/mol. The van der Waals surface area contributed by atoms with Crippen molar-refractivity contribution in [2.24, 2.45) is 0 Å². The molecule has 608 valence electrons. The van der Waals surface area contributed by atoms with Crippen LogP contribution in [0.25, 0.3) is 11.3 Å². The summed E-state index contributed by atoms with van der Waals surface area (Å²) >= 11 is 19.3. The van der Waals surface area contributed by atoms with Gasteiger partial charge in [-0.05, 0) is 276 Å². The van der Waals surface area contributed by atoms with E-state index in [1.807, 2.05) is 199 Å². The Kier molecular flexibility index (Phi) is 48.1. The number of pyridine rings is 5. The van der Waals surface area contributed by atoms with E-state index in [1.54, 1.807) is 45.0 Å². The van der Waals surface area contributed by atoms with E-state index in [1.165, 1.54) is 108 Å². The van der Waals surface area contributed by atoms with E-state index >= 15 is 0 Å². The third-order valence-electron chi connectivity index (χ3n) is 18.1. The normalized spacial score (nSPS) is 12.1. The molecule has 7 heterocycles. The Balaban J connectivity index is 0.000000241. The van der Waals surface area contributed by atoms with Crippen molar-refractivity contribution < 1.29 is 125 Å². The number of anilines is 10. The zero-order valence-electron chi connectivity index (χ0n) is 71.2. The predicted octanol–water partition coefficient (Wildman–Crippen LogP) is 12.0. The number of hydrogen-bond acceptors (Lipinski definition) is 18. The first-order valence-electron chi connectivity index (χ1n) is 38.6. The minimum absolute atomic E-state index is 0. The van der Waals surface area contributed by atoms with Crippen molar-refractivity contribution in [2.45, 2.75) is 86.0 Å². The Bertz CT molecular complexity index is 5470. The topological polar surface area (TPSA) is 255 Å². The summed E-state index contributed by atoms with van der Waals surface area (Å²) in [4.78, 5) is 38.0.